The number of fused-ring (bicyclic) bond motifs is 1. The van der Waals surface area contributed by atoms with Crippen molar-refractivity contribution in [1.82, 2.24) is 0 Å². The Kier molecular flexibility index (Phi) is 5.63. The van der Waals surface area contributed by atoms with E-state index < -0.39 is 5.97 Å². The lowest BCUT2D eigenvalue weighted by atomic mass is 10.0. The zero-order valence-electron chi connectivity index (χ0n) is 15.4. The molecule has 0 saturated heterocycles. The standard InChI is InChI=1S/C22H17NO5S/c23-9-15-1-3-16(4-2-15)17-5-7-18(8-6-17)25-12-22(24)27-11-19-10-26-20-13-29-14-21(20)28-19/h1-8,13-14,19H,10-12H2. The number of benzene rings is 2. The number of ether oxygens (including phenoxy) is 4. The van der Waals surface area contributed by atoms with Gasteiger partial charge < -0.3 is 18.9 Å². The number of thiophene rings is 1. The van der Waals surface area contributed by atoms with Gasteiger partial charge in [0.1, 0.15) is 19.0 Å². The molecule has 1 aliphatic heterocycles. The van der Waals surface area contributed by atoms with Gasteiger partial charge in [-0.05, 0) is 35.4 Å². The van der Waals surface area contributed by atoms with Crippen LogP contribution in [-0.2, 0) is 9.53 Å². The topological polar surface area (TPSA) is 77.8 Å². The SMILES string of the molecule is N#Cc1ccc(-c2ccc(OCC(=O)OCC3COc4cscc4O3)cc2)cc1. The first kappa shape index (κ1) is 18.8. The fraction of sp³-hybridized carbons (Fsp3) is 0.182. The molecule has 3 aromatic rings. The van der Waals surface area contributed by atoms with Crippen molar-refractivity contribution in [1.29, 1.82) is 5.26 Å². The lowest BCUT2D eigenvalue weighted by Crippen LogP contribution is -2.34. The summed E-state index contributed by atoms with van der Waals surface area (Å²) in [6, 6.07) is 16.8. The maximum atomic E-state index is 11.9. The van der Waals surface area contributed by atoms with Crippen molar-refractivity contribution in [2.45, 2.75) is 6.10 Å². The minimum Gasteiger partial charge on any atom is -0.485 e. The van der Waals surface area contributed by atoms with Gasteiger partial charge in [0.15, 0.2) is 24.2 Å². The zero-order chi connectivity index (χ0) is 20.1. The Hall–Kier alpha value is -3.50. The molecule has 0 aliphatic carbocycles. The average molecular weight is 407 g/mol. The summed E-state index contributed by atoms with van der Waals surface area (Å²) in [5.41, 5.74) is 2.61. The van der Waals surface area contributed by atoms with Gasteiger partial charge in [-0.1, -0.05) is 24.3 Å². The zero-order valence-corrected chi connectivity index (χ0v) is 16.2. The maximum absolute atomic E-state index is 11.9. The number of hydrogen-bond donors (Lipinski definition) is 0. The van der Waals surface area contributed by atoms with Crippen LogP contribution in [0.2, 0.25) is 0 Å². The Morgan fingerprint density at radius 3 is 2.48 bits per heavy atom. The van der Waals surface area contributed by atoms with Crippen LogP contribution in [0.25, 0.3) is 11.1 Å². The first-order valence-electron chi connectivity index (χ1n) is 8.96. The number of rotatable bonds is 6. The lowest BCUT2D eigenvalue weighted by molar-refractivity contribution is -0.149. The van der Waals surface area contributed by atoms with E-state index in [1.54, 1.807) is 24.3 Å². The molecule has 146 valence electrons. The minimum absolute atomic E-state index is 0.106. The Bertz CT molecular complexity index is 1020. The summed E-state index contributed by atoms with van der Waals surface area (Å²) in [5.74, 6) is 1.51. The molecular formula is C22H17NO5S. The fourth-order valence-electron chi connectivity index (χ4n) is 2.79. The maximum Gasteiger partial charge on any atom is 0.344 e. The largest absolute Gasteiger partial charge is 0.485 e. The van der Waals surface area contributed by atoms with Crippen LogP contribution in [0.5, 0.6) is 17.2 Å². The van der Waals surface area contributed by atoms with E-state index in [0.717, 1.165) is 16.9 Å². The molecule has 2 aromatic carbocycles. The van der Waals surface area contributed by atoms with E-state index in [4.69, 9.17) is 24.2 Å². The fourth-order valence-corrected chi connectivity index (χ4v) is 3.46. The first-order valence-corrected chi connectivity index (χ1v) is 9.90. The highest BCUT2D eigenvalue weighted by Crippen LogP contribution is 2.35. The molecule has 0 radical (unpaired) electrons. The molecule has 4 rings (SSSR count). The first-order chi connectivity index (χ1) is 14.2. The van der Waals surface area contributed by atoms with E-state index in [9.17, 15) is 4.79 Å². The lowest BCUT2D eigenvalue weighted by Gasteiger charge is -2.24. The Labute approximate surface area is 171 Å². The van der Waals surface area contributed by atoms with Crippen molar-refractivity contribution in [2.24, 2.45) is 0 Å². The normalized spacial score (nSPS) is 14.7. The summed E-state index contributed by atoms with van der Waals surface area (Å²) in [5, 5.41) is 12.6. The number of nitriles is 1. The number of carbonyl (C=O) groups excluding carboxylic acids is 1. The summed E-state index contributed by atoms with van der Waals surface area (Å²) < 4.78 is 22.0. The third kappa shape index (κ3) is 4.68. The van der Waals surface area contributed by atoms with Crippen molar-refractivity contribution in [2.75, 3.05) is 19.8 Å². The van der Waals surface area contributed by atoms with Gasteiger partial charge in [0, 0.05) is 10.8 Å². The Balaban J connectivity index is 1.23. The van der Waals surface area contributed by atoms with Gasteiger partial charge in [-0.25, -0.2) is 4.79 Å². The van der Waals surface area contributed by atoms with E-state index in [2.05, 4.69) is 6.07 Å². The molecule has 1 aromatic heterocycles. The third-order valence-corrected chi connectivity index (χ3v) is 5.00. The third-order valence-electron chi connectivity index (χ3n) is 4.30. The van der Waals surface area contributed by atoms with E-state index >= 15 is 0 Å². The van der Waals surface area contributed by atoms with Crippen molar-refractivity contribution in [3.63, 3.8) is 0 Å². The Morgan fingerprint density at radius 2 is 1.76 bits per heavy atom. The van der Waals surface area contributed by atoms with Crippen LogP contribution in [0.1, 0.15) is 5.56 Å². The molecule has 2 heterocycles. The predicted octanol–water partition coefficient (Wildman–Crippen LogP) is 4.05. The smallest absolute Gasteiger partial charge is 0.344 e. The highest BCUT2D eigenvalue weighted by Gasteiger charge is 2.23. The van der Waals surface area contributed by atoms with Gasteiger partial charge in [-0.3, -0.25) is 0 Å². The minimum atomic E-state index is -0.471. The molecule has 0 saturated carbocycles. The van der Waals surface area contributed by atoms with Crippen LogP contribution in [0.3, 0.4) is 0 Å². The summed E-state index contributed by atoms with van der Waals surface area (Å²) >= 11 is 1.50. The number of carbonyl (C=O) groups is 1. The van der Waals surface area contributed by atoms with Crippen molar-refractivity contribution < 1.29 is 23.7 Å². The monoisotopic (exact) mass is 407 g/mol. The van der Waals surface area contributed by atoms with Crippen LogP contribution in [0, 0.1) is 11.3 Å². The Morgan fingerprint density at radius 1 is 1.07 bits per heavy atom. The summed E-state index contributed by atoms with van der Waals surface area (Å²) in [6.07, 6.45) is -0.326. The van der Waals surface area contributed by atoms with Crippen LogP contribution < -0.4 is 14.2 Å². The number of nitrogens with zero attached hydrogens (tertiary/aromatic N) is 1. The molecule has 0 fully saturated rings. The van der Waals surface area contributed by atoms with E-state index in [-0.39, 0.29) is 19.3 Å². The molecule has 1 atom stereocenters. The van der Waals surface area contributed by atoms with E-state index in [1.807, 2.05) is 35.0 Å². The van der Waals surface area contributed by atoms with Crippen molar-refractivity contribution >= 4 is 17.3 Å². The molecule has 7 heteroatoms. The van der Waals surface area contributed by atoms with Gasteiger partial charge >= 0.3 is 5.97 Å². The predicted molar refractivity (Wildman–Crippen MR) is 107 cm³/mol. The van der Waals surface area contributed by atoms with Crippen molar-refractivity contribution in [3.05, 3.63) is 64.9 Å². The van der Waals surface area contributed by atoms with Gasteiger partial charge in [0.05, 0.1) is 11.6 Å². The van der Waals surface area contributed by atoms with Crippen LogP contribution in [0.15, 0.2) is 59.3 Å². The summed E-state index contributed by atoms with van der Waals surface area (Å²) in [4.78, 5) is 11.9. The second-order valence-electron chi connectivity index (χ2n) is 6.34. The second kappa shape index (κ2) is 8.67. The molecule has 0 bridgehead atoms. The van der Waals surface area contributed by atoms with Crippen LogP contribution in [0.4, 0.5) is 0 Å². The number of hydrogen-bond acceptors (Lipinski definition) is 7. The highest BCUT2D eigenvalue weighted by atomic mass is 32.1. The van der Waals surface area contributed by atoms with E-state index in [0.29, 0.717) is 23.7 Å². The molecular weight excluding hydrogens is 390 g/mol. The molecule has 29 heavy (non-hydrogen) atoms. The van der Waals surface area contributed by atoms with Crippen LogP contribution >= 0.6 is 11.3 Å². The van der Waals surface area contributed by atoms with Gasteiger partial charge in [0.25, 0.3) is 0 Å². The molecule has 1 aliphatic rings. The molecule has 0 spiro atoms. The van der Waals surface area contributed by atoms with Gasteiger partial charge in [-0.2, -0.15) is 5.26 Å². The second-order valence-corrected chi connectivity index (χ2v) is 7.08. The molecule has 6 nitrogen and oxygen atoms in total. The number of esters is 1. The highest BCUT2D eigenvalue weighted by molar-refractivity contribution is 7.08. The van der Waals surface area contributed by atoms with Crippen LogP contribution in [-0.4, -0.2) is 31.9 Å². The molecule has 1 unspecified atom stereocenters. The summed E-state index contributed by atoms with van der Waals surface area (Å²) in [7, 11) is 0. The van der Waals surface area contributed by atoms with Crippen molar-refractivity contribution in [3.8, 4) is 34.4 Å². The van der Waals surface area contributed by atoms with E-state index in [1.165, 1.54) is 11.3 Å². The quantitative estimate of drug-likeness (QED) is 0.574. The molecule has 0 amide bonds. The van der Waals surface area contributed by atoms with Gasteiger partial charge in [0.2, 0.25) is 0 Å². The average Bonchev–Trinajstić information content (AvgIpc) is 3.24. The molecule has 0 N–H and O–H groups in total. The summed E-state index contributed by atoms with van der Waals surface area (Å²) in [6.45, 7) is 0.261. The van der Waals surface area contributed by atoms with Gasteiger partial charge in [-0.15, -0.1) is 11.3 Å².